The first-order valence-electron chi connectivity index (χ1n) is 8.90. The smallest absolute Gasteiger partial charge is 0.126 e. The molecule has 0 N–H and O–H groups in total. The van der Waals surface area contributed by atoms with Gasteiger partial charge < -0.3 is 9.47 Å². The summed E-state index contributed by atoms with van der Waals surface area (Å²) in [5.74, 6) is 0.966. The summed E-state index contributed by atoms with van der Waals surface area (Å²) >= 11 is 0. The van der Waals surface area contributed by atoms with E-state index in [1.807, 2.05) is 12.1 Å². The molecule has 2 rings (SSSR count). The van der Waals surface area contributed by atoms with Crippen LogP contribution in [0.2, 0.25) is 0 Å². The van der Waals surface area contributed by atoms with Crippen LogP contribution < -0.4 is 4.74 Å². The van der Waals surface area contributed by atoms with E-state index in [1.54, 1.807) is 0 Å². The first-order chi connectivity index (χ1) is 10.9. The van der Waals surface area contributed by atoms with Crippen LogP contribution in [-0.4, -0.2) is 19.3 Å². The second kappa shape index (κ2) is 10.4. The van der Waals surface area contributed by atoms with E-state index in [4.69, 9.17) is 9.47 Å². The molecular weight excluding hydrogens is 272 g/mol. The van der Waals surface area contributed by atoms with E-state index in [2.05, 4.69) is 31.2 Å². The molecule has 0 saturated carbocycles. The number of ether oxygens (including phenoxy) is 2. The lowest BCUT2D eigenvalue weighted by Crippen LogP contribution is -2.04. The van der Waals surface area contributed by atoms with Gasteiger partial charge in [-0.05, 0) is 18.9 Å². The van der Waals surface area contributed by atoms with Crippen LogP contribution in [0.25, 0.3) is 6.08 Å². The molecule has 1 unspecified atom stereocenters. The predicted octanol–water partition coefficient (Wildman–Crippen LogP) is 5.62. The van der Waals surface area contributed by atoms with Gasteiger partial charge in [-0.1, -0.05) is 75.8 Å². The highest BCUT2D eigenvalue weighted by Crippen LogP contribution is 2.22. The molecule has 22 heavy (non-hydrogen) atoms. The number of unbranched alkanes of at least 4 members (excludes halogenated alkanes) is 7. The summed E-state index contributed by atoms with van der Waals surface area (Å²) in [5.41, 5.74) is 1.17. The molecule has 0 bridgehead atoms. The first-order valence-corrected chi connectivity index (χ1v) is 8.90. The molecule has 1 fully saturated rings. The topological polar surface area (TPSA) is 21.8 Å². The monoisotopic (exact) mass is 302 g/mol. The van der Waals surface area contributed by atoms with Crippen LogP contribution in [0.15, 0.2) is 30.3 Å². The van der Waals surface area contributed by atoms with E-state index in [1.165, 1.54) is 50.5 Å². The maximum atomic E-state index is 5.82. The summed E-state index contributed by atoms with van der Waals surface area (Å²) in [6.45, 7) is 3.78. The number of rotatable bonds is 12. The third kappa shape index (κ3) is 7.13. The molecule has 1 aliphatic heterocycles. The van der Waals surface area contributed by atoms with Crippen molar-refractivity contribution in [3.63, 3.8) is 0 Å². The largest absolute Gasteiger partial charge is 0.490 e. The molecule has 1 atom stereocenters. The van der Waals surface area contributed by atoms with E-state index < -0.39 is 0 Å². The van der Waals surface area contributed by atoms with Crippen LogP contribution in [0.5, 0.6) is 5.75 Å². The number of epoxide rings is 1. The Morgan fingerprint density at radius 3 is 2.59 bits per heavy atom. The van der Waals surface area contributed by atoms with Gasteiger partial charge in [0.05, 0.1) is 6.61 Å². The first kappa shape index (κ1) is 17.1. The number of hydrogen-bond acceptors (Lipinski definition) is 2. The lowest BCUT2D eigenvalue weighted by Gasteiger charge is -2.07. The Bertz CT molecular complexity index is 435. The summed E-state index contributed by atoms with van der Waals surface area (Å²) in [7, 11) is 0. The standard InChI is InChI=1S/C20H30O2/c1-2-3-4-5-6-7-8-9-10-13-18-14-11-12-15-20(18)22-17-19-16-21-19/h10-15,19H,2-9,16-17H2,1H3/b13-10+. The number of allylic oxidation sites excluding steroid dienone is 1. The molecule has 1 aliphatic rings. The Labute approximate surface area is 135 Å². The highest BCUT2D eigenvalue weighted by Gasteiger charge is 2.23. The van der Waals surface area contributed by atoms with Crippen LogP contribution in [0.4, 0.5) is 0 Å². The highest BCUT2D eigenvalue weighted by molar-refractivity contribution is 5.57. The fourth-order valence-corrected chi connectivity index (χ4v) is 2.53. The van der Waals surface area contributed by atoms with Crippen molar-refractivity contribution in [2.24, 2.45) is 0 Å². The Balaban J connectivity index is 1.62. The van der Waals surface area contributed by atoms with Gasteiger partial charge in [0.2, 0.25) is 0 Å². The minimum absolute atomic E-state index is 0.310. The zero-order valence-electron chi connectivity index (χ0n) is 13.9. The molecule has 2 heteroatoms. The third-order valence-corrected chi connectivity index (χ3v) is 4.02. The van der Waals surface area contributed by atoms with E-state index in [9.17, 15) is 0 Å². The SMILES string of the molecule is CCCCCCCCC/C=C/c1ccccc1OCC1CO1. The minimum atomic E-state index is 0.310. The summed E-state index contributed by atoms with van der Waals surface area (Å²) in [6, 6.07) is 8.24. The number of hydrogen-bond donors (Lipinski definition) is 0. The summed E-state index contributed by atoms with van der Waals surface area (Å²) in [5, 5.41) is 0. The van der Waals surface area contributed by atoms with Gasteiger partial charge in [0.15, 0.2) is 0 Å². The van der Waals surface area contributed by atoms with Crippen LogP contribution in [-0.2, 0) is 4.74 Å². The van der Waals surface area contributed by atoms with Gasteiger partial charge in [-0.15, -0.1) is 0 Å². The molecule has 1 aromatic rings. The number of para-hydroxylation sites is 1. The van der Waals surface area contributed by atoms with Crippen molar-refractivity contribution in [2.75, 3.05) is 13.2 Å². The van der Waals surface area contributed by atoms with Crippen molar-refractivity contribution >= 4 is 6.08 Å². The van der Waals surface area contributed by atoms with Crippen molar-refractivity contribution < 1.29 is 9.47 Å². The molecule has 0 radical (unpaired) electrons. The zero-order chi connectivity index (χ0) is 15.5. The van der Waals surface area contributed by atoms with Crippen molar-refractivity contribution in [3.05, 3.63) is 35.9 Å². The predicted molar refractivity (Wildman–Crippen MR) is 93.3 cm³/mol. The average Bonchev–Trinajstić information content (AvgIpc) is 3.36. The molecule has 1 saturated heterocycles. The second-order valence-electron chi connectivity index (χ2n) is 6.12. The average molecular weight is 302 g/mol. The maximum Gasteiger partial charge on any atom is 0.126 e. The van der Waals surface area contributed by atoms with Crippen LogP contribution in [0.3, 0.4) is 0 Å². The molecule has 122 valence electrons. The molecule has 1 aromatic carbocycles. The zero-order valence-corrected chi connectivity index (χ0v) is 13.9. The summed E-state index contributed by atoms with van der Waals surface area (Å²) < 4.78 is 11.0. The van der Waals surface area contributed by atoms with Crippen LogP contribution >= 0.6 is 0 Å². The molecule has 0 aromatic heterocycles. The lowest BCUT2D eigenvalue weighted by atomic mass is 10.1. The summed E-state index contributed by atoms with van der Waals surface area (Å²) in [4.78, 5) is 0. The van der Waals surface area contributed by atoms with E-state index in [-0.39, 0.29) is 0 Å². The Hall–Kier alpha value is -1.28. The molecular formula is C20H30O2. The van der Waals surface area contributed by atoms with Gasteiger partial charge in [-0.25, -0.2) is 0 Å². The van der Waals surface area contributed by atoms with Gasteiger partial charge in [-0.2, -0.15) is 0 Å². The summed E-state index contributed by atoms with van der Waals surface area (Å²) in [6.07, 6.45) is 15.5. The Morgan fingerprint density at radius 1 is 1.09 bits per heavy atom. The van der Waals surface area contributed by atoms with Crippen molar-refractivity contribution in [1.82, 2.24) is 0 Å². The van der Waals surface area contributed by atoms with Crippen LogP contribution in [0, 0.1) is 0 Å². The van der Waals surface area contributed by atoms with Gasteiger partial charge in [0, 0.05) is 5.56 Å². The van der Waals surface area contributed by atoms with Gasteiger partial charge in [-0.3, -0.25) is 0 Å². The van der Waals surface area contributed by atoms with Gasteiger partial charge in [0.1, 0.15) is 18.5 Å². The van der Waals surface area contributed by atoms with Crippen LogP contribution in [0.1, 0.15) is 63.9 Å². The van der Waals surface area contributed by atoms with Gasteiger partial charge in [0.25, 0.3) is 0 Å². The Morgan fingerprint density at radius 2 is 1.82 bits per heavy atom. The highest BCUT2D eigenvalue weighted by atomic mass is 16.6. The van der Waals surface area contributed by atoms with Crippen molar-refractivity contribution in [2.45, 2.75) is 64.4 Å². The molecule has 0 amide bonds. The second-order valence-corrected chi connectivity index (χ2v) is 6.12. The Kier molecular flexibility index (Phi) is 8.11. The molecule has 0 spiro atoms. The van der Waals surface area contributed by atoms with Crippen molar-refractivity contribution in [3.8, 4) is 5.75 Å². The van der Waals surface area contributed by atoms with E-state index in [0.717, 1.165) is 18.8 Å². The fraction of sp³-hybridized carbons (Fsp3) is 0.600. The quantitative estimate of drug-likeness (QED) is 0.369. The minimum Gasteiger partial charge on any atom is -0.490 e. The maximum absolute atomic E-state index is 5.82. The molecule has 2 nitrogen and oxygen atoms in total. The lowest BCUT2D eigenvalue weighted by molar-refractivity contribution is 0.262. The number of benzene rings is 1. The van der Waals surface area contributed by atoms with Crippen molar-refractivity contribution in [1.29, 1.82) is 0 Å². The van der Waals surface area contributed by atoms with Gasteiger partial charge >= 0.3 is 0 Å². The normalized spacial score (nSPS) is 17.0. The third-order valence-electron chi connectivity index (χ3n) is 4.02. The molecule has 0 aliphatic carbocycles. The van der Waals surface area contributed by atoms with E-state index >= 15 is 0 Å². The molecule has 1 heterocycles. The van der Waals surface area contributed by atoms with E-state index in [0.29, 0.717) is 12.7 Å². The fourth-order valence-electron chi connectivity index (χ4n) is 2.53.